The summed E-state index contributed by atoms with van der Waals surface area (Å²) in [5.41, 5.74) is 0.468. The topological polar surface area (TPSA) is 322 Å². The average Bonchev–Trinajstić information content (AvgIpc) is 3.71. The van der Waals surface area contributed by atoms with Gasteiger partial charge in [0, 0.05) is 33.3 Å². The highest BCUT2D eigenvalue weighted by Crippen LogP contribution is 2.62. The fourth-order valence-corrected chi connectivity index (χ4v) is 9.03. The number of hydrogen-bond acceptors (Lipinski definition) is 21. The van der Waals surface area contributed by atoms with Gasteiger partial charge in [-0.2, -0.15) is 0 Å². The molecular weight excluding hydrogens is 871 g/mol. The molecule has 5 N–H and O–H groups in total. The number of esters is 4. The lowest BCUT2D eigenvalue weighted by Crippen LogP contribution is -2.64. The van der Waals surface area contributed by atoms with Gasteiger partial charge in [0.05, 0.1) is 12.9 Å². The highest BCUT2D eigenvalue weighted by molar-refractivity contribution is 8.08. The van der Waals surface area contributed by atoms with Crippen LogP contribution in [0.2, 0.25) is 0 Å². The number of amides is 1. The van der Waals surface area contributed by atoms with Crippen LogP contribution < -0.4 is 5.32 Å². The Labute approximate surface area is 343 Å². The number of rotatable bonds is 16. The van der Waals surface area contributed by atoms with Crippen LogP contribution in [0.1, 0.15) is 44.3 Å². The smallest absolute Gasteiger partial charge is 0.463 e. The number of phosphoric ester groups is 1. The Morgan fingerprint density at radius 2 is 1.53 bits per heavy atom. The molecule has 2 saturated heterocycles. The molecule has 5 rings (SSSR count). The molecule has 0 aliphatic carbocycles. The summed E-state index contributed by atoms with van der Waals surface area (Å²) in [6.45, 7) is -3.26. The lowest BCUT2D eigenvalue weighted by atomic mass is 9.95. The number of halogens is 1. The van der Waals surface area contributed by atoms with Crippen molar-refractivity contribution in [2.75, 3.05) is 18.5 Å². The molecule has 3 aromatic rings. The third-order valence-electron chi connectivity index (χ3n) is 8.32. The van der Waals surface area contributed by atoms with Gasteiger partial charge in [-0.05, 0) is 23.9 Å². The van der Waals surface area contributed by atoms with Gasteiger partial charge in [0.2, 0.25) is 6.29 Å². The number of carbonyl (C=O) groups is 5. The van der Waals surface area contributed by atoms with Crippen molar-refractivity contribution in [1.82, 2.24) is 19.5 Å². The Kier molecular flexibility index (Phi) is 15.2. The maximum Gasteiger partial charge on any atom is 0.481 e. The maximum atomic E-state index is 15.5. The average molecular weight is 910 g/mol. The van der Waals surface area contributed by atoms with Crippen LogP contribution in [0.4, 0.5) is 10.2 Å². The molecule has 60 heavy (non-hydrogen) atoms. The number of anilines is 1. The third-order valence-corrected chi connectivity index (χ3v) is 11.8. The molecule has 1 amide bonds. The van der Waals surface area contributed by atoms with E-state index in [1.54, 1.807) is 30.3 Å². The monoisotopic (exact) mass is 909 g/mol. The van der Waals surface area contributed by atoms with E-state index in [9.17, 15) is 48.5 Å². The van der Waals surface area contributed by atoms with Gasteiger partial charge >= 0.3 is 38.4 Å². The fraction of sp³-hybridized carbons (Fsp3) is 0.500. The van der Waals surface area contributed by atoms with E-state index in [2.05, 4.69) is 25.0 Å². The van der Waals surface area contributed by atoms with Gasteiger partial charge in [-0.15, -0.1) is 0 Å². The van der Waals surface area contributed by atoms with Crippen molar-refractivity contribution in [2.24, 2.45) is 0 Å². The molecule has 328 valence electrons. The van der Waals surface area contributed by atoms with Gasteiger partial charge < -0.3 is 58.3 Å². The van der Waals surface area contributed by atoms with Gasteiger partial charge in [-0.25, -0.2) is 28.2 Å². The lowest BCUT2D eigenvalue weighted by Gasteiger charge is -2.44. The number of phosphoric acid groups is 1. The highest BCUT2D eigenvalue weighted by Gasteiger charge is 2.57. The van der Waals surface area contributed by atoms with Crippen molar-refractivity contribution in [1.29, 1.82) is 0 Å². The fourth-order valence-electron chi connectivity index (χ4n) is 5.94. The molecule has 24 nitrogen and oxygen atoms in total. The van der Waals surface area contributed by atoms with Crippen molar-refractivity contribution in [3.05, 3.63) is 48.5 Å². The van der Waals surface area contributed by atoms with E-state index >= 15 is 4.39 Å². The second-order valence-electron chi connectivity index (χ2n) is 12.8. The van der Waals surface area contributed by atoms with Gasteiger partial charge in [-0.1, -0.05) is 18.2 Å². The molecule has 28 heteroatoms. The van der Waals surface area contributed by atoms with Gasteiger partial charge in [0.1, 0.15) is 37.4 Å². The lowest BCUT2D eigenvalue weighted by molar-refractivity contribution is -0.296. The second-order valence-corrected chi connectivity index (χ2v) is 17.2. The SMILES string of the molecule is CC(=O)OC[C@H](F)C1O[C@@H](OP(=O)(O)OP(O)(=S)OC[C@H]2O[C@@H](n3cnc4c(NC(=O)c5ccccc5)ncnc43)C(O)C2O)C(OC(C)=O)C(OC(C)=O)[C@@H]1OC(C)=O. The summed E-state index contributed by atoms with van der Waals surface area (Å²) in [5, 5.41) is 24.3. The Bertz CT molecular complexity index is 2170. The number of carbonyl (C=O) groups excluding carboxylic acids is 5. The van der Waals surface area contributed by atoms with E-state index in [1.165, 1.54) is 10.9 Å². The predicted octanol–water partition coefficient (Wildman–Crippen LogP) is 0.486. The summed E-state index contributed by atoms with van der Waals surface area (Å²) in [6.07, 6.45) is -17.0. The summed E-state index contributed by atoms with van der Waals surface area (Å²) < 4.78 is 76.2. The standard InChI is InChI=1S/C32H38FN5O19P2S/c1-14(39)49-10-19(33)24-25(51-15(2)40)26(52-16(3)41)27(53-17(4)42)32(55-24)56-58(46,47)57-59(48,60)50-11-20-22(43)23(44)31(54-20)38-13-36-21-28(34-12-35-29(21)38)37-30(45)18-8-6-5-7-9-18/h5-9,12-13,19-20,22-27,31-32,43-44H,10-11H2,1-4H3,(H,46,47)(H,48,60)(H,34,35,37,45)/t19-,20+,22?,23?,24?,25+,26?,27?,31+,32-,59?/m0/s1. The first-order valence-electron chi connectivity index (χ1n) is 17.4. The normalized spacial score (nSPS) is 27.8. The van der Waals surface area contributed by atoms with Crippen LogP contribution in [0.5, 0.6) is 0 Å². The number of aromatic nitrogens is 4. The number of aliphatic hydroxyl groups is 2. The minimum absolute atomic E-state index is 0.0141. The summed E-state index contributed by atoms with van der Waals surface area (Å²) in [7, 11) is -5.77. The number of ether oxygens (including phenoxy) is 6. The quantitative estimate of drug-likeness (QED) is 0.0741. The predicted molar refractivity (Wildman–Crippen MR) is 197 cm³/mol. The zero-order valence-corrected chi connectivity index (χ0v) is 34.2. The van der Waals surface area contributed by atoms with E-state index in [4.69, 9.17) is 48.8 Å². The van der Waals surface area contributed by atoms with Crippen LogP contribution in [0.3, 0.4) is 0 Å². The van der Waals surface area contributed by atoms with Gasteiger partial charge in [0.25, 0.3) is 5.91 Å². The van der Waals surface area contributed by atoms with Gasteiger partial charge in [0.15, 0.2) is 47.7 Å². The van der Waals surface area contributed by atoms with E-state index < -0.39 is 119 Å². The molecule has 0 bridgehead atoms. The summed E-state index contributed by atoms with van der Waals surface area (Å²) in [6, 6.07) is 8.21. The molecule has 2 aliphatic heterocycles. The molecule has 1 aromatic carbocycles. The minimum Gasteiger partial charge on any atom is -0.463 e. The Morgan fingerprint density at radius 1 is 0.900 bits per heavy atom. The maximum absolute atomic E-state index is 15.5. The molecule has 0 spiro atoms. The van der Waals surface area contributed by atoms with Crippen LogP contribution >= 0.6 is 14.5 Å². The largest absolute Gasteiger partial charge is 0.481 e. The number of imidazole rings is 1. The van der Waals surface area contributed by atoms with Crippen molar-refractivity contribution >= 4 is 73.1 Å². The molecule has 4 heterocycles. The van der Waals surface area contributed by atoms with Crippen LogP contribution in [0, 0.1) is 0 Å². The van der Waals surface area contributed by atoms with E-state index in [0.717, 1.165) is 34.0 Å². The molecule has 2 aromatic heterocycles. The minimum atomic E-state index is -5.77. The molecule has 0 radical (unpaired) electrons. The molecule has 2 aliphatic rings. The molecule has 12 atom stereocenters. The number of alkyl halides is 1. The van der Waals surface area contributed by atoms with E-state index in [0.29, 0.717) is 5.56 Å². The molecule has 7 unspecified atom stereocenters. The Morgan fingerprint density at radius 3 is 2.17 bits per heavy atom. The number of benzene rings is 1. The zero-order chi connectivity index (χ0) is 44.1. The highest BCUT2D eigenvalue weighted by atomic mass is 32.5. The first-order chi connectivity index (χ1) is 28.2. The van der Waals surface area contributed by atoms with E-state index in [-0.39, 0.29) is 17.0 Å². The molecule has 2 fully saturated rings. The number of hydrogen-bond donors (Lipinski definition) is 5. The number of fused-ring (bicyclic) bond motifs is 1. The summed E-state index contributed by atoms with van der Waals surface area (Å²) in [5.74, 6) is -4.72. The summed E-state index contributed by atoms with van der Waals surface area (Å²) in [4.78, 5) is 94.2. The third kappa shape index (κ3) is 11.7. The molecular formula is C32H38FN5O19P2S. The number of nitrogens with zero attached hydrogens (tertiary/aromatic N) is 4. The Hall–Kier alpha value is -4.43. The first kappa shape index (κ1) is 46.6. The van der Waals surface area contributed by atoms with Crippen molar-refractivity contribution < 1.29 is 94.7 Å². The van der Waals surface area contributed by atoms with E-state index in [1.807, 2.05) is 0 Å². The first-order valence-corrected chi connectivity index (χ1v) is 21.4. The van der Waals surface area contributed by atoms with Crippen molar-refractivity contribution in [2.45, 2.75) is 89.1 Å². The van der Waals surface area contributed by atoms with Gasteiger partial charge in [-0.3, -0.25) is 33.1 Å². The van der Waals surface area contributed by atoms with Crippen LogP contribution in [-0.4, -0.2) is 138 Å². The second kappa shape index (κ2) is 19.5. The van der Waals surface area contributed by atoms with Crippen molar-refractivity contribution in [3.8, 4) is 0 Å². The summed E-state index contributed by atoms with van der Waals surface area (Å²) >= 11 is 4.87. The van der Waals surface area contributed by atoms with Crippen LogP contribution in [0.15, 0.2) is 43.0 Å². The van der Waals surface area contributed by atoms with Crippen LogP contribution in [-0.2, 0) is 77.3 Å². The van der Waals surface area contributed by atoms with Crippen LogP contribution in [0.25, 0.3) is 11.2 Å². The Balaban J connectivity index is 1.29. The molecule has 0 saturated carbocycles. The van der Waals surface area contributed by atoms with Crippen molar-refractivity contribution in [3.63, 3.8) is 0 Å². The number of nitrogens with one attached hydrogen (secondary N) is 1. The zero-order valence-electron chi connectivity index (χ0n) is 31.6. The number of aliphatic hydroxyl groups excluding tert-OH is 2.